The fourth-order valence-corrected chi connectivity index (χ4v) is 2.30. The minimum atomic E-state index is -1.09. The largest absolute Gasteiger partial charge is 0.486 e. The van der Waals surface area contributed by atoms with Gasteiger partial charge in [0.1, 0.15) is 11.9 Å². The molecule has 2 unspecified atom stereocenters. The van der Waals surface area contributed by atoms with E-state index in [1.165, 1.54) is 30.3 Å². The van der Waals surface area contributed by atoms with Gasteiger partial charge in [-0.25, -0.2) is 8.78 Å². The summed E-state index contributed by atoms with van der Waals surface area (Å²) >= 11 is 0. The van der Waals surface area contributed by atoms with E-state index < -0.39 is 29.7 Å². The number of ether oxygens (including phenoxy) is 1. The Kier molecular flexibility index (Phi) is 6.89. The molecule has 0 saturated carbocycles. The number of halogens is 2. The van der Waals surface area contributed by atoms with Gasteiger partial charge in [0, 0.05) is 0 Å². The minimum Gasteiger partial charge on any atom is -0.486 e. The number of aliphatic hydroxyl groups is 1. The number of hydrogen-bond donors (Lipinski definition) is 2. The molecule has 4 nitrogen and oxygen atoms in total. The van der Waals surface area contributed by atoms with Crippen LogP contribution in [0.2, 0.25) is 0 Å². The highest BCUT2D eigenvalue weighted by Crippen LogP contribution is 2.19. The maximum Gasteiger partial charge on any atom is 0.223 e. The van der Waals surface area contributed by atoms with Crippen molar-refractivity contribution in [3.05, 3.63) is 65.7 Å². The molecule has 0 aromatic heterocycles. The van der Waals surface area contributed by atoms with Crippen LogP contribution in [-0.4, -0.2) is 23.7 Å². The third-order valence-electron chi connectivity index (χ3n) is 3.72. The van der Waals surface area contributed by atoms with E-state index in [9.17, 15) is 18.7 Å². The number of nitrogens with one attached hydrogen (secondary N) is 1. The van der Waals surface area contributed by atoms with Crippen LogP contribution in [0.5, 0.6) is 5.75 Å². The summed E-state index contributed by atoms with van der Waals surface area (Å²) < 4.78 is 32.3. The Morgan fingerprint density at radius 1 is 1.20 bits per heavy atom. The third kappa shape index (κ3) is 5.83. The maximum absolute atomic E-state index is 13.6. The average Bonchev–Trinajstić information content (AvgIpc) is 2.60. The van der Waals surface area contributed by atoms with Crippen LogP contribution in [0, 0.1) is 11.6 Å². The van der Waals surface area contributed by atoms with E-state index in [2.05, 4.69) is 5.32 Å². The third-order valence-corrected chi connectivity index (χ3v) is 3.72. The number of benzene rings is 2. The van der Waals surface area contributed by atoms with E-state index >= 15 is 0 Å². The molecule has 0 aliphatic rings. The lowest BCUT2D eigenvalue weighted by atomic mass is 10.1. The molecular weight excluding hydrogens is 328 g/mol. The molecule has 0 heterocycles. The van der Waals surface area contributed by atoms with E-state index in [4.69, 9.17) is 4.74 Å². The van der Waals surface area contributed by atoms with E-state index in [-0.39, 0.29) is 18.7 Å². The Hall–Kier alpha value is -2.47. The molecule has 0 aliphatic heterocycles. The van der Waals surface area contributed by atoms with Gasteiger partial charge in [-0.1, -0.05) is 31.2 Å². The first kappa shape index (κ1) is 18.9. The van der Waals surface area contributed by atoms with Gasteiger partial charge in [0.15, 0.2) is 11.6 Å². The number of hydrogen-bond acceptors (Lipinski definition) is 3. The van der Waals surface area contributed by atoms with Crippen molar-refractivity contribution in [1.29, 1.82) is 0 Å². The van der Waals surface area contributed by atoms with E-state index in [1.807, 2.05) is 6.92 Å². The molecule has 134 valence electrons. The normalized spacial score (nSPS) is 13.1. The summed E-state index contributed by atoms with van der Waals surface area (Å²) in [5, 5.41) is 12.6. The predicted molar refractivity (Wildman–Crippen MR) is 90.1 cm³/mol. The van der Waals surface area contributed by atoms with Gasteiger partial charge in [0.2, 0.25) is 5.91 Å². The average molecular weight is 349 g/mol. The summed E-state index contributed by atoms with van der Waals surface area (Å²) in [4.78, 5) is 12.0. The SMILES string of the molecule is CCC(CNC(=O)CC(O)c1cccc(F)c1)Oc1ccccc1F. The van der Waals surface area contributed by atoms with E-state index in [0.29, 0.717) is 12.0 Å². The summed E-state index contributed by atoms with van der Waals surface area (Å²) in [6, 6.07) is 11.5. The van der Waals surface area contributed by atoms with Crippen molar-refractivity contribution in [3.63, 3.8) is 0 Å². The fourth-order valence-electron chi connectivity index (χ4n) is 2.30. The zero-order valence-electron chi connectivity index (χ0n) is 13.9. The lowest BCUT2D eigenvalue weighted by Gasteiger charge is -2.19. The molecule has 1 amide bonds. The van der Waals surface area contributed by atoms with Crippen molar-refractivity contribution in [2.45, 2.75) is 32.0 Å². The van der Waals surface area contributed by atoms with Crippen LogP contribution in [0.4, 0.5) is 8.78 Å². The maximum atomic E-state index is 13.6. The van der Waals surface area contributed by atoms with Crippen LogP contribution in [0.3, 0.4) is 0 Å². The second-order valence-electron chi connectivity index (χ2n) is 5.66. The first-order chi connectivity index (χ1) is 12.0. The standard InChI is InChI=1S/C19H21F2NO3/c1-2-15(25-18-9-4-3-8-16(18)21)12-22-19(24)11-17(23)13-6-5-7-14(20)10-13/h3-10,15,17,23H,2,11-12H2,1H3,(H,22,24). The van der Waals surface area contributed by atoms with Gasteiger partial charge in [-0.2, -0.15) is 0 Å². The molecule has 2 N–H and O–H groups in total. The number of carbonyl (C=O) groups excluding carboxylic acids is 1. The Bertz CT molecular complexity index is 709. The number of carbonyl (C=O) groups is 1. The molecule has 0 aliphatic carbocycles. The van der Waals surface area contributed by atoms with Crippen molar-refractivity contribution in [3.8, 4) is 5.75 Å². The van der Waals surface area contributed by atoms with Crippen LogP contribution in [0.1, 0.15) is 31.4 Å². The quantitative estimate of drug-likeness (QED) is 0.768. The molecule has 0 saturated heterocycles. The second kappa shape index (κ2) is 9.13. The summed E-state index contributed by atoms with van der Waals surface area (Å²) in [7, 11) is 0. The monoisotopic (exact) mass is 349 g/mol. The smallest absolute Gasteiger partial charge is 0.223 e. The minimum absolute atomic E-state index is 0.128. The lowest BCUT2D eigenvalue weighted by molar-refractivity contribution is -0.123. The molecule has 0 fully saturated rings. The highest BCUT2D eigenvalue weighted by atomic mass is 19.1. The van der Waals surface area contributed by atoms with Gasteiger partial charge in [-0.05, 0) is 36.2 Å². The predicted octanol–water partition coefficient (Wildman–Crippen LogP) is 3.36. The van der Waals surface area contributed by atoms with Crippen molar-refractivity contribution >= 4 is 5.91 Å². The molecule has 2 atom stereocenters. The first-order valence-corrected chi connectivity index (χ1v) is 8.11. The van der Waals surface area contributed by atoms with Crippen molar-refractivity contribution in [2.75, 3.05) is 6.54 Å². The number of aliphatic hydroxyl groups excluding tert-OH is 1. The topological polar surface area (TPSA) is 58.6 Å². The zero-order valence-corrected chi connectivity index (χ0v) is 13.9. The summed E-state index contributed by atoms with van der Waals surface area (Å²) in [5.74, 6) is -1.20. The zero-order chi connectivity index (χ0) is 18.2. The summed E-state index contributed by atoms with van der Waals surface area (Å²) in [6.45, 7) is 2.04. The van der Waals surface area contributed by atoms with Crippen molar-refractivity contribution in [2.24, 2.45) is 0 Å². The molecule has 2 aromatic rings. The molecule has 2 rings (SSSR count). The van der Waals surface area contributed by atoms with Gasteiger partial charge in [-0.15, -0.1) is 0 Å². The molecule has 0 bridgehead atoms. The van der Waals surface area contributed by atoms with E-state index in [0.717, 1.165) is 0 Å². The lowest BCUT2D eigenvalue weighted by Crippen LogP contribution is -2.35. The molecule has 0 spiro atoms. The molecule has 2 aromatic carbocycles. The van der Waals surface area contributed by atoms with Crippen molar-refractivity contribution in [1.82, 2.24) is 5.32 Å². The van der Waals surface area contributed by atoms with Crippen LogP contribution >= 0.6 is 0 Å². The Balaban J connectivity index is 1.84. The van der Waals surface area contributed by atoms with Crippen LogP contribution in [0.25, 0.3) is 0 Å². The van der Waals surface area contributed by atoms with Gasteiger partial charge in [0.25, 0.3) is 0 Å². The van der Waals surface area contributed by atoms with Crippen LogP contribution < -0.4 is 10.1 Å². The fraction of sp³-hybridized carbons (Fsp3) is 0.316. The molecule has 6 heteroatoms. The van der Waals surface area contributed by atoms with Gasteiger partial charge >= 0.3 is 0 Å². The van der Waals surface area contributed by atoms with E-state index in [1.54, 1.807) is 18.2 Å². The van der Waals surface area contributed by atoms with Gasteiger partial charge < -0.3 is 15.2 Å². The summed E-state index contributed by atoms with van der Waals surface area (Å²) in [5.41, 5.74) is 0.338. The highest BCUT2D eigenvalue weighted by Gasteiger charge is 2.16. The number of para-hydroxylation sites is 1. The van der Waals surface area contributed by atoms with Crippen LogP contribution in [-0.2, 0) is 4.79 Å². The Morgan fingerprint density at radius 2 is 1.96 bits per heavy atom. The Labute approximate surface area is 145 Å². The van der Waals surface area contributed by atoms with Gasteiger partial charge in [-0.3, -0.25) is 4.79 Å². The molecular formula is C19H21F2NO3. The highest BCUT2D eigenvalue weighted by molar-refractivity contribution is 5.76. The number of rotatable bonds is 8. The molecule has 0 radical (unpaired) electrons. The van der Waals surface area contributed by atoms with Crippen molar-refractivity contribution < 1.29 is 23.4 Å². The number of amides is 1. The Morgan fingerprint density at radius 3 is 2.64 bits per heavy atom. The summed E-state index contributed by atoms with van der Waals surface area (Å²) in [6.07, 6.45) is -1.11. The molecule has 25 heavy (non-hydrogen) atoms. The van der Waals surface area contributed by atoms with Gasteiger partial charge in [0.05, 0.1) is 19.1 Å². The first-order valence-electron chi connectivity index (χ1n) is 8.11. The van der Waals surface area contributed by atoms with Crippen LogP contribution in [0.15, 0.2) is 48.5 Å². The second-order valence-corrected chi connectivity index (χ2v) is 5.66.